The molecule has 0 bridgehead atoms. The molecule has 43 heavy (non-hydrogen) atoms. The van der Waals surface area contributed by atoms with Gasteiger partial charge in [0.2, 0.25) is 6.29 Å². The number of ether oxygens (including phenoxy) is 4. The standard InChI is InChI=1S/C32H33NO10/c1-16-23(41-31-26(36)25(35)28(40-5)32(2,3)43-31)11-9-18-15-22(30(38)42-27(16)18)33-29(37)19-10-12-24(39-4)21(14-19)17-7-6-8-20(34)13-17/h6-15,25-26,28,31,34-36H,1-5H3,(H,33,37)/t25-,26+,28+,31+/m0/s1. The molecular formula is C32H33NO10. The van der Waals surface area contributed by atoms with Crippen molar-refractivity contribution >= 4 is 22.6 Å². The maximum absolute atomic E-state index is 13.2. The largest absolute Gasteiger partial charge is 0.508 e. The lowest BCUT2D eigenvalue weighted by Crippen LogP contribution is -2.63. The molecule has 0 aliphatic carbocycles. The van der Waals surface area contributed by atoms with Crippen LogP contribution >= 0.6 is 0 Å². The molecule has 11 heteroatoms. The summed E-state index contributed by atoms with van der Waals surface area (Å²) in [4.78, 5) is 26.1. The van der Waals surface area contributed by atoms with Crippen molar-refractivity contribution in [1.82, 2.24) is 0 Å². The van der Waals surface area contributed by atoms with Gasteiger partial charge in [0.25, 0.3) is 5.91 Å². The summed E-state index contributed by atoms with van der Waals surface area (Å²) in [5, 5.41) is 34.2. The molecule has 0 spiro atoms. The molecule has 226 valence electrons. The van der Waals surface area contributed by atoms with E-state index in [-0.39, 0.29) is 28.3 Å². The fourth-order valence-corrected chi connectivity index (χ4v) is 5.29. The number of aliphatic hydroxyl groups is 2. The van der Waals surface area contributed by atoms with Gasteiger partial charge in [-0.3, -0.25) is 4.79 Å². The number of methoxy groups -OCH3 is 2. The van der Waals surface area contributed by atoms with Gasteiger partial charge >= 0.3 is 5.63 Å². The number of carbonyl (C=O) groups excluding carboxylic acids is 1. The zero-order chi connectivity index (χ0) is 31.1. The van der Waals surface area contributed by atoms with Gasteiger partial charge in [-0.1, -0.05) is 12.1 Å². The van der Waals surface area contributed by atoms with Gasteiger partial charge in [-0.15, -0.1) is 0 Å². The number of amides is 1. The number of aliphatic hydroxyl groups excluding tert-OH is 2. The van der Waals surface area contributed by atoms with Crippen LogP contribution in [0.25, 0.3) is 22.1 Å². The molecule has 1 saturated heterocycles. The maximum Gasteiger partial charge on any atom is 0.360 e. The quantitative estimate of drug-likeness (QED) is 0.232. The molecule has 1 aromatic heterocycles. The molecule has 0 saturated carbocycles. The molecule has 4 atom stereocenters. The Kier molecular flexibility index (Phi) is 8.17. The van der Waals surface area contributed by atoms with E-state index in [0.717, 1.165) is 0 Å². The van der Waals surface area contributed by atoms with Gasteiger partial charge in [0.1, 0.15) is 46.8 Å². The highest BCUT2D eigenvalue weighted by molar-refractivity contribution is 6.05. The van der Waals surface area contributed by atoms with Crippen molar-refractivity contribution in [2.24, 2.45) is 0 Å². The van der Waals surface area contributed by atoms with Crippen molar-refractivity contribution in [2.75, 3.05) is 19.5 Å². The normalized spacial score (nSPS) is 21.4. The van der Waals surface area contributed by atoms with E-state index in [1.54, 1.807) is 69.3 Å². The van der Waals surface area contributed by atoms with E-state index in [4.69, 9.17) is 23.4 Å². The number of carbonyl (C=O) groups is 1. The molecule has 1 aliphatic rings. The fourth-order valence-electron chi connectivity index (χ4n) is 5.29. The summed E-state index contributed by atoms with van der Waals surface area (Å²) in [6.07, 6.45) is -4.65. The molecule has 5 rings (SSSR count). The summed E-state index contributed by atoms with van der Waals surface area (Å²) in [5.74, 6) is 0.290. The van der Waals surface area contributed by atoms with Gasteiger partial charge in [0.05, 0.1) is 12.7 Å². The van der Waals surface area contributed by atoms with Crippen LogP contribution in [0.1, 0.15) is 29.8 Å². The Hall–Kier alpha value is -4.42. The van der Waals surface area contributed by atoms with Crippen molar-refractivity contribution in [3.05, 3.63) is 82.2 Å². The van der Waals surface area contributed by atoms with E-state index in [1.807, 2.05) is 0 Å². The van der Waals surface area contributed by atoms with Gasteiger partial charge in [0, 0.05) is 29.2 Å². The molecule has 1 amide bonds. The number of phenols is 1. The highest BCUT2D eigenvalue weighted by atomic mass is 16.7. The molecule has 0 radical (unpaired) electrons. The highest BCUT2D eigenvalue weighted by Crippen LogP contribution is 2.36. The van der Waals surface area contributed by atoms with E-state index in [2.05, 4.69) is 5.32 Å². The van der Waals surface area contributed by atoms with Crippen LogP contribution in [-0.4, -0.2) is 65.6 Å². The van der Waals surface area contributed by atoms with Gasteiger partial charge in [-0.2, -0.15) is 0 Å². The summed E-state index contributed by atoms with van der Waals surface area (Å²) in [6, 6.07) is 16.1. The van der Waals surface area contributed by atoms with Crippen LogP contribution in [0.2, 0.25) is 0 Å². The maximum atomic E-state index is 13.2. The Morgan fingerprint density at radius 2 is 1.72 bits per heavy atom. The minimum atomic E-state index is -1.40. The second-order valence-corrected chi connectivity index (χ2v) is 10.8. The Morgan fingerprint density at radius 3 is 2.42 bits per heavy atom. The number of hydrogen-bond donors (Lipinski definition) is 4. The number of aromatic hydroxyl groups is 1. The number of nitrogens with one attached hydrogen (secondary N) is 1. The molecule has 1 aliphatic heterocycles. The predicted octanol–water partition coefficient (Wildman–Crippen LogP) is 3.99. The number of hydrogen-bond acceptors (Lipinski definition) is 10. The average molecular weight is 592 g/mol. The summed E-state index contributed by atoms with van der Waals surface area (Å²) >= 11 is 0. The molecule has 2 heterocycles. The minimum Gasteiger partial charge on any atom is -0.508 e. The summed E-state index contributed by atoms with van der Waals surface area (Å²) in [5.41, 5.74) is 0.346. The molecule has 4 aromatic rings. The van der Waals surface area contributed by atoms with Gasteiger partial charge in [0.15, 0.2) is 0 Å². The van der Waals surface area contributed by atoms with Gasteiger partial charge in [-0.05, 0) is 74.9 Å². The smallest absolute Gasteiger partial charge is 0.360 e. The Labute approximate surface area is 247 Å². The Morgan fingerprint density at radius 1 is 0.977 bits per heavy atom. The van der Waals surface area contributed by atoms with Crippen molar-refractivity contribution < 1.29 is 43.5 Å². The summed E-state index contributed by atoms with van der Waals surface area (Å²) in [6.45, 7) is 5.11. The lowest BCUT2D eigenvalue weighted by molar-refractivity contribution is -0.306. The minimum absolute atomic E-state index is 0.0654. The van der Waals surface area contributed by atoms with Crippen LogP contribution in [-0.2, 0) is 9.47 Å². The number of phenolic OH excluding ortho intramolecular Hbond substituents is 1. The third-order valence-electron chi connectivity index (χ3n) is 7.51. The van der Waals surface area contributed by atoms with E-state index >= 15 is 0 Å². The number of rotatable bonds is 7. The number of fused-ring (bicyclic) bond motifs is 1. The zero-order valence-electron chi connectivity index (χ0n) is 24.3. The van der Waals surface area contributed by atoms with Crippen LogP contribution in [0, 0.1) is 6.92 Å². The molecular weight excluding hydrogens is 558 g/mol. The number of benzene rings is 3. The SMILES string of the molecule is COc1ccc(C(=O)Nc2cc3ccc(O[C@@H]4OC(C)(C)[C@H](OC)[C@@H](O)[C@H]4O)c(C)c3oc2=O)cc1-c1cccc(O)c1. The monoisotopic (exact) mass is 591 g/mol. The fraction of sp³-hybridized carbons (Fsp3) is 0.312. The third kappa shape index (κ3) is 5.80. The van der Waals surface area contributed by atoms with E-state index in [0.29, 0.717) is 27.8 Å². The molecule has 1 fully saturated rings. The van der Waals surface area contributed by atoms with Crippen LogP contribution in [0.4, 0.5) is 5.69 Å². The third-order valence-corrected chi connectivity index (χ3v) is 7.51. The lowest BCUT2D eigenvalue weighted by atomic mass is 9.89. The van der Waals surface area contributed by atoms with Crippen LogP contribution < -0.4 is 20.4 Å². The zero-order valence-corrected chi connectivity index (χ0v) is 24.3. The van der Waals surface area contributed by atoms with Crippen molar-refractivity contribution in [3.8, 4) is 28.4 Å². The average Bonchev–Trinajstić information content (AvgIpc) is 2.97. The first-order valence-corrected chi connectivity index (χ1v) is 13.5. The van der Waals surface area contributed by atoms with Crippen LogP contribution in [0.3, 0.4) is 0 Å². The van der Waals surface area contributed by atoms with Gasteiger partial charge < -0.3 is 44.0 Å². The Balaban J connectivity index is 1.40. The van der Waals surface area contributed by atoms with E-state index < -0.39 is 41.7 Å². The van der Waals surface area contributed by atoms with E-state index in [1.165, 1.54) is 26.4 Å². The lowest BCUT2D eigenvalue weighted by Gasteiger charge is -2.46. The Bertz CT molecular complexity index is 1730. The van der Waals surface area contributed by atoms with Crippen molar-refractivity contribution in [2.45, 2.75) is 51.0 Å². The first kappa shape index (κ1) is 30.1. The molecule has 4 N–H and O–H groups in total. The molecule has 3 aromatic carbocycles. The number of aryl methyl sites for hydroxylation is 1. The molecule has 11 nitrogen and oxygen atoms in total. The topological polar surface area (TPSA) is 157 Å². The van der Waals surface area contributed by atoms with Crippen LogP contribution in [0.5, 0.6) is 17.2 Å². The van der Waals surface area contributed by atoms with Crippen molar-refractivity contribution in [3.63, 3.8) is 0 Å². The summed E-state index contributed by atoms with van der Waals surface area (Å²) in [7, 11) is 2.93. The number of anilines is 1. The first-order valence-electron chi connectivity index (χ1n) is 13.5. The molecule has 0 unspecified atom stereocenters. The van der Waals surface area contributed by atoms with Crippen molar-refractivity contribution in [1.29, 1.82) is 0 Å². The second kappa shape index (κ2) is 11.7. The predicted molar refractivity (Wildman–Crippen MR) is 158 cm³/mol. The first-order chi connectivity index (χ1) is 20.4. The van der Waals surface area contributed by atoms with Gasteiger partial charge in [-0.25, -0.2) is 4.79 Å². The van der Waals surface area contributed by atoms with Crippen LogP contribution in [0.15, 0.2) is 69.9 Å². The second-order valence-electron chi connectivity index (χ2n) is 10.8. The van der Waals surface area contributed by atoms with E-state index in [9.17, 15) is 24.9 Å². The highest BCUT2D eigenvalue weighted by Gasteiger charge is 2.50. The summed E-state index contributed by atoms with van der Waals surface area (Å²) < 4.78 is 28.1.